The lowest BCUT2D eigenvalue weighted by atomic mass is 10.0. The van der Waals surface area contributed by atoms with Gasteiger partial charge >= 0.3 is 0 Å². The summed E-state index contributed by atoms with van der Waals surface area (Å²) >= 11 is 0. The first-order valence-electron chi connectivity index (χ1n) is 8.97. The molecule has 2 aliphatic rings. The summed E-state index contributed by atoms with van der Waals surface area (Å²) in [5, 5.41) is 4.18. The number of alkyl halides is 2. The Morgan fingerprint density at radius 2 is 1.92 bits per heavy atom. The van der Waals surface area contributed by atoms with Crippen molar-refractivity contribution in [2.24, 2.45) is 15.1 Å². The first kappa shape index (κ1) is 19.5. The number of hydrogen-bond donors (Lipinski definition) is 1. The van der Waals surface area contributed by atoms with Gasteiger partial charge in [-0.3, -0.25) is 0 Å². The van der Waals surface area contributed by atoms with E-state index in [1.54, 1.807) is 14.0 Å². The molecule has 0 amide bonds. The molecule has 0 aromatic rings. The fourth-order valence-electron chi connectivity index (χ4n) is 3.66. The maximum atomic E-state index is 13.3. The van der Waals surface area contributed by atoms with Gasteiger partial charge in [-0.05, 0) is 59.1 Å². The molecule has 2 aliphatic heterocycles. The van der Waals surface area contributed by atoms with Crippen LogP contribution in [0.5, 0.6) is 0 Å². The van der Waals surface area contributed by atoms with Crippen molar-refractivity contribution >= 4 is 18.3 Å². The Morgan fingerprint density at radius 3 is 2.44 bits per heavy atom. The molecule has 2 rings (SSSR count). The Morgan fingerprint density at radius 1 is 1.28 bits per heavy atom. The van der Waals surface area contributed by atoms with E-state index in [4.69, 9.17) is 0 Å². The van der Waals surface area contributed by atoms with Crippen molar-refractivity contribution in [3.05, 3.63) is 11.9 Å². The molecular formula is C18H29F2N5. The number of nitrogens with zero attached hydrogens (tertiary/aromatic N) is 4. The van der Waals surface area contributed by atoms with Gasteiger partial charge in [0, 0.05) is 31.6 Å². The van der Waals surface area contributed by atoms with Gasteiger partial charge in [0.05, 0.1) is 5.71 Å². The summed E-state index contributed by atoms with van der Waals surface area (Å²) < 4.78 is 26.5. The van der Waals surface area contributed by atoms with Gasteiger partial charge in [0.25, 0.3) is 0 Å². The molecule has 2 heterocycles. The molecule has 0 aliphatic carbocycles. The van der Waals surface area contributed by atoms with Gasteiger partial charge in [-0.25, -0.2) is 18.8 Å². The lowest BCUT2D eigenvalue weighted by Crippen LogP contribution is -2.38. The number of hydrazone groups is 1. The summed E-state index contributed by atoms with van der Waals surface area (Å²) in [7, 11) is 1.67. The minimum absolute atomic E-state index is 0.188. The first-order valence-corrected chi connectivity index (χ1v) is 8.97. The van der Waals surface area contributed by atoms with Crippen molar-refractivity contribution in [1.29, 1.82) is 0 Å². The number of nitrogens with one attached hydrogen (secondary N) is 1. The number of rotatable bonds is 7. The fourth-order valence-corrected chi connectivity index (χ4v) is 3.66. The van der Waals surface area contributed by atoms with E-state index in [9.17, 15) is 8.78 Å². The summed E-state index contributed by atoms with van der Waals surface area (Å²) in [5.41, 5.74) is 3.29. The lowest BCUT2D eigenvalue weighted by Gasteiger charge is -2.36. The molecule has 0 saturated carbocycles. The van der Waals surface area contributed by atoms with Crippen LogP contribution in [0.2, 0.25) is 0 Å². The number of halogens is 2. The van der Waals surface area contributed by atoms with Gasteiger partial charge in [-0.2, -0.15) is 5.10 Å². The predicted molar refractivity (Wildman–Crippen MR) is 99.6 cm³/mol. The lowest BCUT2D eigenvalue weighted by molar-refractivity contribution is 0.0151. The molecule has 5 nitrogen and oxygen atoms in total. The maximum absolute atomic E-state index is 13.3. The van der Waals surface area contributed by atoms with Crippen LogP contribution in [0.1, 0.15) is 58.8 Å². The van der Waals surface area contributed by atoms with Gasteiger partial charge in [-0.15, -0.1) is 0 Å². The van der Waals surface area contributed by atoms with Gasteiger partial charge in [0.2, 0.25) is 5.92 Å². The number of fused-ring (bicyclic) bond motifs is 2. The normalized spacial score (nSPS) is 25.3. The van der Waals surface area contributed by atoms with Gasteiger partial charge in [-0.1, -0.05) is 0 Å². The van der Waals surface area contributed by atoms with E-state index in [-0.39, 0.29) is 12.8 Å². The summed E-state index contributed by atoms with van der Waals surface area (Å²) in [6.07, 6.45) is 7.62. The van der Waals surface area contributed by atoms with Crippen LogP contribution in [-0.4, -0.2) is 48.2 Å². The summed E-state index contributed by atoms with van der Waals surface area (Å²) in [6.45, 7) is 6.26. The number of amidine groups is 1. The zero-order chi connectivity index (χ0) is 18.4. The van der Waals surface area contributed by atoms with Crippen molar-refractivity contribution in [2.45, 2.75) is 76.8 Å². The van der Waals surface area contributed by atoms with Crippen LogP contribution in [-0.2, 0) is 0 Å². The van der Waals surface area contributed by atoms with Crippen LogP contribution < -0.4 is 5.43 Å². The Kier molecular flexibility index (Phi) is 6.67. The Hall–Kier alpha value is -1.79. The zero-order valence-electron chi connectivity index (χ0n) is 15.4. The summed E-state index contributed by atoms with van der Waals surface area (Å²) in [6, 6.07) is 0.935. The van der Waals surface area contributed by atoms with Crippen LogP contribution in [0, 0.1) is 0 Å². The van der Waals surface area contributed by atoms with E-state index in [1.807, 2.05) is 6.08 Å². The van der Waals surface area contributed by atoms with E-state index in [0.717, 1.165) is 38.4 Å². The summed E-state index contributed by atoms with van der Waals surface area (Å²) in [4.78, 5) is 10.8. The van der Waals surface area contributed by atoms with E-state index in [0.29, 0.717) is 23.6 Å². The van der Waals surface area contributed by atoms with Crippen LogP contribution in [0.15, 0.2) is 27.0 Å². The second-order valence-electron chi connectivity index (χ2n) is 6.94. The van der Waals surface area contributed by atoms with Crippen LogP contribution in [0.4, 0.5) is 8.78 Å². The zero-order valence-corrected chi connectivity index (χ0v) is 15.4. The average molecular weight is 353 g/mol. The predicted octanol–water partition coefficient (Wildman–Crippen LogP) is 3.97. The SMILES string of the molecule is C=NC(C)=N/C(=C/C(CCC(C)(F)F)=N\NC)N1C2CCCC1CC2. The van der Waals surface area contributed by atoms with Gasteiger partial charge < -0.3 is 10.3 Å². The second-order valence-corrected chi connectivity index (χ2v) is 6.94. The fraction of sp³-hybridized carbons (Fsp3) is 0.722. The highest BCUT2D eigenvalue weighted by Crippen LogP contribution is 2.38. The molecule has 140 valence electrons. The van der Waals surface area contributed by atoms with Gasteiger partial charge in [0.15, 0.2) is 0 Å². The van der Waals surface area contributed by atoms with Crippen molar-refractivity contribution in [1.82, 2.24) is 10.3 Å². The molecule has 1 N–H and O–H groups in total. The van der Waals surface area contributed by atoms with Crippen LogP contribution in [0.25, 0.3) is 0 Å². The third-order valence-corrected chi connectivity index (χ3v) is 4.84. The van der Waals surface area contributed by atoms with E-state index in [1.165, 1.54) is 6.42 Å². The highest BCUT2D eigenvalue weighted by Gasteiger charge is 2.37. The first-order chi connectivity index (χ1) is 11.8. The highest BCUT2D eigenvalue weighted by atomic mass is 19.3. The number of aliphatic imine (C=N–C) groups is 2. The standard InChI is InChI=1S/C18H29F2N5/c1-13(21-3)23-17(25-15-6-5-7-16(25)9-8-15)12-14(24-22-4)10-11-18(2,19)20/h12,15-16,22H,3,5-11H2,1-2,4H3/b17-12-,23-13?,24-14-. The molecule has 0 radical (unpaired) electrons. The van der Waals surface area contributed by atoms with E-state index >= 15 is 0 Å². The number of allylic oxidation sites excluding steroid dienone is 1. The topological polar surface area (TPSA) is 52.4 Å². The molecule has 0 spiro atoms. The molecule has 25 heavy (non-hydrogen) atoms. The molecule has 2 saturated heterocycles. The van der Waals surface area contributed by atoms with Crippen molar-refractivity contribution in [3.8, 4) is 0 Å². The molecule has 2 atom stereocenters. The third-order valence-electron chi connectivity index (χ3n) is 4.84. The highest BCUT2D eigenvalue weighted by molar-refractivity contribution is 5.96. The molecule has 0 aromatic carbocycles. The van der Waals surface area contributed by atoms with Gasteiger partial charge in [0.1, 0.15) is 11.7 Å². The number of hydrogen-bond acceptors (Lipinski definition) is 4. The van der Waals surface area contributed by atoms with Crippen LogP contribution in [0.3, 0.4) is 0 Å². The molecule has 2 fully saturated rings. The minimum atomic E-state index is -2.71. The van der Waals surface area contributed by atoms with Crippen molar-refractivity contribution < 1.29 is 8.78 Å². The largest absolute Gasteiger partial charge is 0.351 e. The maximum Gasteiger partial charge on any atom is 0.245 e. The minimum Gasteiger partial charge on any atom is -0.351 e. The molecule has 2 bridgehead atoms. The monoisotopic (exact) mass is 353 g/mol. The second kappa shape index (κ2) is 8.54. The molecule has 0 aromatic heterocycles. The third kappa shape index (κ3) is 5.61. The molecular weight excluding hydrogens is 324 g/mol. The van der Waals surface area contributed by atoms with Crippen LogP contribution >= 0.6 is 0 Å². The number of piperidine rings is 1. The quantitative estimate of drug-likeness (QED) is 0.428. The Bertz CT molecular complexity index is 546. The Labute approximate surface area is 149 Å². The average Bonchev–Trinajstić information content (AvgIpc) is 2.80. The van der Waals surface area contributed by atoms with E-state index < -0.39 is 5.92 Å². The van der Waals surface area contributed by atoms with E-state index in [2.05, 4.69) is 32.1 Å². The molecule has 7 heteroatoms. The summed E-state index contributed by atoms with van der Waals surface area (Å²) in [5.74, 6) is -1.37. The van der Waals surface area contributed by atoms with Crippen molar-refractivity contribution in [3.63, 3.8) is 0 Å². The van der Waals surface area contributed by atoms with Crippen molar-refractivity contribution in [2.75, 3.05) is 7.05 Å². The molecule has 2 unspecified atom stereocenters. The smallest absolute Gasteiger partial charge is 0.245 e. The Balaban J connectivity index is 2.31.